The van der Waals surface area contributed by atoms with Crippen molar-refractivity contribution in [1.82, 2.24) is 19.9 Å². The molecule has 2 aromatic heterocycles. The number of amides is 1. The molecular formula is C18H16BrClFN5O5S. The molecule has 0 saturated heterocycles. The average molecular weight is 549 g/mol. The molecule has 0 spiro atoms. The molecule has 0 radical (unpaired) electrons. The highest BCUT2D eigenvalue weighted by Crippen LogP contribution is 2.36. The first-order chi connectivity index (χ1) is 14.9. The van der Waals surface area contributed by atoms with Gasteiger partial charge in [-0.25, -0.2) is 27.7 Å². The Kier molecular flexibility index (Phi) is 6.83. The number of halogens is 3. The molecule has 3 rings (SSSR count). The number of aromatic amines is 1. The monoisotopic (exact) mass is 547 g/mol. The summed E-state index contributed by atoms with van der Waals surface area (Å²) in [5, 5.41) is 5.32. The van der Waals surface area contributed by atoms with Gasteiger partial charge in [0.2, 0.25) is 5.89 Å². The molecule has 2 heterocycles. The summed E-state index contributed by atoms with van der Waals surface area (Å²) in [6.07, 6.45) is 1.16. The summed E-state index contributed by atoms with van der Waals surface area (Å²) in [5.41, 5.74) is 5.36. The van der Waals surface area contributed by atoms with Crippen LogP contribution in [-0.2, 0) is 10.0 Å². The van der Waals surface area contributed by atoms with E-state index in [4.69, 9.17) is 21.8 Å². The van der Waals surface area contributed by atoms with Crippen LogP contribution in [0.4, 0.5) is 4.39 Å². The number of carbonyl (C=O) groups excluding carboxylic acids is 1. The average Bonchev–Trinajstić information content (AvgIpc) is 3.15. The first kappa shape index (κ1) is 24.0. The van der Waals surface area contributed by atoms with Crippen molar-refractivity contribution in [3.8, 4) is 0 Å². The van der Waals surface area contributed by atoms with Gasteiger partial charge in [0.1, 0.15) is 11.9 Å². The summed E-state index contributed by atoms with van der Waals surface area (Å²) in [6.45, 7) is 3.05. The normalized spacial score (nSPS) is 13.7. The number of sulfonamides is 1. The predicted molar refractivity (Wildman–Crippen MR) is 115 cm³/mol. The summed E-state index contributed by atoms with van der Waals surface area (Å²) in [6, 6.07) is 2.31. The molecule has 2 unspecified atom stereocenters. The molecule has 0 saturated carbocycles. The molecule has 1 aromatic carbocycles. The van der Waals surface area contributed by atoms with Gasteiger partial charge in [0.25, 0.3) is 15.9 Å². The van der Waals surface area contributed by atoms with Crippen LogP contribution >= 0.6 is 27.5 Å². The third kappa shape index (κ3) is 4.75. The maximum atomic E-state index is 14.7. The lowest BCUT2D eigenvalue weighted by Gasteiger charge is -2.24. The summed E-state index contributed by atoms with van der Waals surface area (Å²) in [4.78, 5) is 27.1. The van der Waals surface area contributed by atoms with Crippen LogP contribution in [0.1, 0.15) is 46.3 Å². The third-order valence-electron chi connectivity index (χ3n) is 4.69. The summed E-state index contributed by atoms with van der Waals surface area (Å²) < 4.78 is 48.6. The molecule has 2 atom stereocenters. The van der Waals surface area contributed by atoms with E-state index in [1.54, 1.807) is 6.92 Å². The Labute approximate surface area is 194 Å². The molecule has 0 aliphatic heterocycles. The minimum atomic E-state index is -4.53. The number of primary amides is 1. The fourth-order valence-corrected chi connectivity index (χ4v) is 5.06. The molecule has 4 N–H and O–H groups in total. The van der Waals surface area contributed by atoms with Crippen LogP contribution in [0.2, 0.25) is 5.02 Å². The minimum absolute atomic E-state index is 0.0785. The number of H-pyrrole nitrogens is 1. The van der Waals surface area contributed by atoms with E-state index in [0.29, 0.717) is 10.0 Å². The van der Waals surface area contributed by atoms with E-state index in [0.717, 1.165) is 12.3 Å². The quantitative estimate of drug-likeness (QED) is 0.409. The first-order valence-corrected chi connectivity index (χ1v) is 11.6. The van der Waals surface area contributed by atoms with Crippen LogP contribution in [0, 0.1) is 12.7 Å². The van der Waals surface area contributed by atoms with E-state index < -0.39 is 44.5 Å². The number of benzene rings is 1. The van der Waals surface area contributed by atoms with Gasteiger partial charge in [-0.3, -0.25) is 4.79 Å². The van der Waals surface area contributed by atoms with Crippen LogP contribution in [0.3, 0.4) is 0 Å². The number of hydrogen-bond acceptors (Lipinski definition) is 7. The second kappa shape index (κ2) is 9.10. The second-order valence-corrected chi connectivity index (χ2v) is 9.73. The number of carbonyl (C=O) groups is 1. The van der Waals surface area contributed by atoms with Gasteiger partial charge in [-0.2, -0.15) is 4.72 Å². The van der Waals surface area contributed by atoms with Crippen LogP contribution in [0.25, 0.3) is 0 Å². The Balaban J connectivity index is 2.14. The largest absolute Gasteiger partial charge is 0.434 e. The van der Waals surface area contributed by atoms with Crippen LogP contribution in [-0.4, -0.2) is 29.5 Å². The summed E-state index contributed by atoms with van der Waals surface area (Å²) in [5.74, 6) is -3.95. The van der Waals surface area contributed by atoms with Gasteiger partial charge in [0.15, 0.2) is 5.03 Å². The third-order valence-corrected chi connectivity index (χ3v) is 6.93. The van der Waals surface area contributed by atoms with E-state index in [-0.39, 0.29) is 22.0 Å². The van der Waals surface area contributed by atoms with Gasteiger partial charge in [-0.1, -0.05) is 18.5 Å². The maximum Gasteiger partial charge on any atom is 0.434 e. The lowest BCUT2D eigenvalue weighted by atomic mass is 9.90. The lowest BCUT2D eigenvalue weighted by molar-refractivity contribution is 0.0996. The predicted octanol–water partition coefficient (Wildman–Crippen LogP) is 2.54. The van der Waals surface area contributed by atoms with Gasteiger partial charge in [0, 0.05) is 21.6 Å². The SMILES string of the molecule is Cc1c(Cl)ccc(F)c1C(C)C(NS(=O)(=O)c1ncc(Br)cc1C(N)=O)c1n[nH]c(=O)o1. The van der Waals surface area contributed by atoms with Gasteiger partial charge in [-0.05, 0) is 52.2 Å². The van der Waals surface area contributed by atoms with Gasteiger partial charge < -0.3 is 10.2 Å². The molecule has 32 heavy (non-hydrogen) atoms. The number of nitrogens with two attached hydrogens (primary N) is 1. The lowest BCUT2D eigenvalue weighted by Crippen LogP contribution is -2.34. The zero-order valence-electron chi connectivity index (χ0n) is 16.5. The molecule has 170 valence electrons. The Bertz CT molecular complexity index is 1360. The standard InChI is InChI=1S/C18H16BrClFN5O5S/c1-7-11(20)3-4-12(21)13(7)8(2)14(16-24-25-18(28)31-16)26-32(29,30)17-10(15(22)27)5-9(19)6-23-17/h3-6,8,14,26H,1-2H3,(H2,22,27)(H,25,28). The number of nitrogens with one attached hydrogen (secondary N) is 2. The highest BCUT2D eigenvalue weighted by molar-refractivity contribution is 9.10. The van der Waals surface area contributed by atoms with Crippen LogP contribution < -0.4 is 16.2 Å². The molecular weight excluding hydrogens is 533 g/mol. The van der Waals surface area contributed by atoms with Crippen molar-refractivity contribution >= 4 is 43.5 Å². The molecule has 10 nitrogen and oxygen atoms in total. The number of pyridine rings is 1. The van der Waals surface area contributed by atoms with Gasteiger partial charge in [0.05, 0.1) is 5.56 Å². The fraction of sp³-hybridized carbons (Fsp3) is 0.222. The van der Waals surface area contributed by atoms with Crippen molar-refractivity contribution in [1.29, 1.82) is 0 Å². The number of hydrogen-bond donors (Lipinski definition) is 3. The molecule has 1 amide bonds. The highest BCUT2D eigenvalue weighted by atomic mass is 79.9. The van der Waals surface area contributed by atoms with Crippen LogP contribution in [0.5, 0.6) is 0 Å². The minimum Gasteiger partial charge on any atom is -0.391 e. The Morgan fingerprint density at radius 3 is 2.69 bits per heavy atom. The first-order valence-electron chi connectivity index (χ1n) is 8.90. The Hall–Kier alpha value is -2.61. The van der Waals surface area contributed by atoms with E-state index in [1.165, 1.54) is 19.1 Å². The van der Waals surface area contributed by atoms with E-state index in [2.05, 4.69) is 30.7 Å². The fourth-order valence-electron chi connectivity index (χ4n) is 3.18. The molecule has 0 bridgehead atoms. The van der Waals surface area contributed by atoms with Crippen molar-refractivity contribution in [3.05, 3.63) is 72.8 Å². The zero-order chi connectivity index (χ0) is 23.8. The molecule has 0 fully saturated rings. The van der Waals surface area contributed by atoms with Crippen molar-refractivity contribution in [2.75, 3.05) is 0 Å². The van der Waals surface area contributed by atoms with Crippen LogP contribution in [0.15, 0.2) is 43.1 Å². The van der Waals surface area contributed by atoms with Crippen molar-refractivity contribution in [2.45, 2.75) is 30.8 Å². The van der Waals surface area contributed by atoms with E-state index >= 15 is 0 Å². The molecule has 0 aliphatic rings. The van der Waals surface area contributed by atoms with Gasteiger partial charge in [-0.15, -0.1) is 5.10 Å². The summed E-state index contributed by atoms with van der Waals surface area (Å²) in [7, 11) is -4.53. The second-order valence-electron chi connectivity index (χ2n) is 6.78. The Morgan fingerprint density at radius 2 is 2.09 bits per heavy atom. The topological polar surface area (TPSA) is 161 Å². The maximum absolute atomic E-state index is 14.7. The van der Waals surface area contributed by atoms with E-state index in [1.807, 2.05) is 5.10 Å². The summed E-state index contributed by atoms with van der Waals surface area (Å²) >= 11 is 9.21. The molecule has 3 aromatic rings. The van der Waals surface area contributed by atoms with Crippen molar-refractivity contribution in [3.63, 3.8) is 0 Å². The van der Waals surface area contributed by atoms with E-state index in [9.17, 15) is 22.4 Å². The smallest absolute Gasteiger partial charge is 0.391 e. The van der Waals surface area contributed by atoms with Crippen molar-refractivity contribution < 1.29 is 22.0 Å². The van der Waals surface area contributed by atoms with Crippen molar-refractivity contribution in [2.24, 2.45) is 5.73 Å². The number of nitrogens with zero attached hydrogens (tertiary/aromatic N) is 2. The number of rotatable bonds is 7. The Morgan fingerprint density at radius 1 is 1.41 bits per heavy atom. The highest BCUT2D eigenvalue weighted by Gasteiger charge is 2.35. The van der Waals surface area contributed by atoms with Gasteiger partial charge >= 0.3 is 5.76 Å². The number of aromatic nitrogens is 3. The zero-order valence-corrected chi connectivity index (χ0v) is 19.7. The molecule has 0 aliphatic carbocycles. The molecule has 14 heteroatoms.